The third kappa shape index (κ3) is 3.03. The number of carbonyl (C=O) groups is 1. The molecule has 1 amide bonds. The number of primary amides is 1. The van der Waals surface area contributed by atoms with Gasteiger partial charge in [-0.15, -0.1) is 0 Å². The Kier molecular flexibility index (Phi) is 3.84. The van der Waals surface area contributed by atoms with Gasteiger partial charge in [-0.05, 0) is 31.2 Å². The number of hydrogen-bond acceptors (Lipinski definition) is 5. The van der Waals surface area contributed by atoms with Crippen LogP contribution in [0.3, 0.4) is 0 Å². The molecule has 0 aliphatic rings. The number of amides is 1. The quantitative estimate of drug-likeness (QED) is 0.884. The third-order valence-corrected chi connectivity index (χ3v) is 2.79. The minimum absolute atomic E-state index is 0.446. The van der Waals surface area contributed by atoms with Crippen molar-refractivity contribution in [3.63, 3.8) is 0 Å². The maximum absolute atomic E-state index is 11.0. The van der Waals surface area contributed by atoms with E-state index in [9.17, 15) is 4.79 Å². The van der Waals surface area contributed by atoms with Crippen molar-refractivity contribution >= 4 is 23.4 Å². The first kappa shape index (κ1) is 13.8. The molecule has 1 aromatic carbocycles. The minimum atomic E-state index is -0.446. The van der Waals surface area contributed by atoms with Gasteiger partial charge in [-0.2, -0.15) is 4.98 Å². The molecule has 3 N–H and O–H groups in total. The lowest BCUT2D eigenvalue weighted by Crippen LogP contribution is -2.14. The van der Waals surface area contributed by atoms with Gasteiger partial charge in [-0.1, -0.05) is 0 Å². The van der Waals surface area contributed by atoms with E-state index in [1.807, 2.05) is 25.9 Å². The Balaban J connectivity index is 2.21. The van der Waals surface area contributed by atoms with Crippen LogP contribution in [-0.4, -0.2) is 30.0 Å². The molecule has 2 rings (SSSR count). The zero-order chi connectivity index (χ0) is 14.7. The summed E-state index contributed by atoms with van der Waals surface area (Å²) in [5.41, 5.74) is 7.46. The van der Waals surface area contributed by atoms with Gasteiger partial charge in [-0.3, -0.25) is 4.79 Å². The smallest absolute Gasteiger partial charge is 0.248 e. The van der Waals surface area contributed by atoms with Crippen molar-refractivity contribution in [2.45, 2.75) is 6.92 Å². The Labute approximate surface area is 117 Å². The summed E-state index contributed by atoms with van der Waals surface area (Å²) in [6.45, 7) is 1.96. The molecule has 1 aromatic heterocycles. The largest absolute Gasteiger partial charge is 0.366 e. The minimum Gasteiger partial charge on any atom is -0.366 e. The van der Waals surface area contributed by atoms with Gasteiger partial charge in [0.25, 0.3) is 0 Å². The van der Waals surface area contributed by atoms with Crippen LogP contribution in [0.15, 0.2) is 30.5 Å². The Hall–Kier alpha value is -2.63. The zero-order valence-electron chi connectivity index (χ0n) is 11.7. The molecule has 0 atom stereocenters. The normalized spacial score (nSPS) is 10.2. The summed E-state index contributed by atoms with van der Waals surface area (Å²) in [6.07, 6.45) is 1.77. The van der Waals surface area contributed by atoms with Crippen molar-refractivity contribution in [2.75, 3.05) is 24.3 Å². The van der Waals surface area contributed by atoms with Crippen LogP contribution in [0.1, 0.15) is 15.9 Å². The molecule has 104 valence electrons. The number of anilines is 3. The molecule has 0 aliphatic heterocycles. The van der Waals surface area contributed by atoms with E-state index in [1.165, 1.54) is 0 Å². The van der Waals surface area contributed by atoms with Gasteiger partial charge in [0.2, 0.25) is 11.9 Å². The Morgan fingerprint density at radius 3 is 2.45 bits per heavy atom. The predicted octanol–water partition coefficient (Wildman–Crippen LogP) is 1.69. The number of rotatable bonds is 4. The summed E-state index contributed by atoms with van der Waals surface area (Å²) in [6, 6.07) is 6.84. The van der Waals surface area contributed by atoms with Gasteiger partial charge in [-0.25, -0.2) is 4.98 Å². The van der Waals surface area contributed by atoms with Crippen molar-refractivity contribution in [3.8, 4) is 0 Å². The highest BCUT2D eigenvalue weighted by Gasteiger charge is 2.06. The highest BCUT2D eigenvalue weighted by molar-refractivity contribution is 5.93. The number of nitrogens with two attached hydrogens (primary N) is 1. The van der Waals surface area contributed by atoms with Gasteiger partial charge in [0.15, 0.2) is 0 Å². The Bertz CT molecular complexity index is 622. The molecule has 0 fully saturated rings. The van der Waals surface area contributed by atoms with Crippen molar-refractivity contribution in [3.05, 3.63) is 41.6 Å². The number of aryl methyl sites for hydroxylation is 1. The maximum atomic E-state index is 11.0. The van der Waals surface area contributed by atoms with E-state index in [-0.39, 0.29) is 0 Å². The highest BCUT2D eigenvalue weighted by atomic mass is 16.1. The lowest BCUT2D eigenvalue weighted by atomic mass is 10.2. The maximum Gasteiger partial charge on any atom is 0.248 e. The average molecular weight is 271 g/mol. The molecule has 0 unspecified atom stereocenters. The van der Waals surface area contributed by atoms with Gasteiger partial charge in [0.1, 0.15) is 5.82 Å². The Morgan fingerprint density at radius 2 is 1.90 bits per heavy atom. The SMILES string of the molecule is Cc1cnc(Nc2ccc(C(N)=O)cc2)nc1N(C)C. The number of benzene rings is 1. The van der Waals surface area contributed by atoms with E-state index in [0.29, 0.717) is 11.5 Å². The van der Waals surface area contributed by atoms with Crippen molar-refractivity contribution < 1.29 is 4.79 Å². The fraction of sp³-hybridized carbons (Fsp3) is 0.214. The van der Waals surface area contributed by atoms with Crippen LogP contribution in [0.25, 0.3) is 0 Å². The average Bonchev–Trinajstić information content (AvgIpc) is 2.41. The third-order valence-electron chi connectivity index (χ3n) is 2.79. The van der Waals surface area contributed by atoms with Gasteiger partial charge < -0.3 is 16.0 Å². The summed E-state index contributed by atoms with van der Waals surface area (Å²) in [4.78, 5) is 21.6. The number of aromatic nitrogens is 2. The molecule has 20 heavy (non-hydrogen) atoms. The second-order valence-corrected chi connectivity index (χ2v) is 4.66. The Morgan fingerprint density at radius 1 is 1.25 bits per heavy atom. The first-order valence-corrected chi connectivity index (χ1v) is 6.15. The second kappa shape index (κ2) is 5.56. The second-order valence-electron chi connectivity index (χ2n) is 4.66. The van der Waals surface area contributed by atoms with Crippen molar-refractivity contribution in [2.24, 2.45) is 5.73 Å². The molecule has 0 radical (unpaired) electrons. The molecule has 0 saturated heterocycles. The molecule has 2 aromatic rings. The van der Waals surface area contributed by atoms with Gasteiger partial charge >= 0.3 is 0 Å². The van der Waals surface area contributed by atoms with E-state index in [2.05, 4.69) is 15.3 Å². The number of hydrogen-bond donors (Lipinski definition) is 2. The summed E-state index contributed by atoms with van der Waals surface area (Å²) >= 11 is 0. The van der Waals surface area contributed by atoms with Crippen LogP contribution in [0.4, 0.5) is 17.5 Å². The van der Waals surface area contributed by atoms with Crippen molar-refractivity contribution in [1.82, 2.24) is 9.97 Å². The lowest BCUT2D eigenvalue weighted by molar-refractivity contribution is 0.100. The summed E-state index contributed by atoms with van der Waals surface area (Å²) < 4.78 is 0. The molecular weight excluding hydrogens is 254 g/mol. The molecule has 0 spiro atoms. The molecule has 6 nitrogen and oxygen atoms in total. The van der Waals surface area contributed by atoms with E-state index in [0.717, 1.165) is 17.1 Å². The van der Waals surface area contributed by atoms with E-state index < -0.39 is 5.91 Å². The van der Waals surface area contributed by atoms with Crippen LogP contribution in [0.2, 0.25) is 0 Å². The van der Waals surface area contributed by atoms with Crippen LogP contribution >= 0.6 is 0 Å². The monoisotopic (exact) mass is 271 g/mol. The fourth-order valence-electron chi connectivity index (χ4n) is 1.79. The van der Waals surface area contributed by atoms with Crippen LogP contribution in [-0.2, 0) is 0 Å². The van der Waals surface area contributed by atoms with Crippen molar-refractivity contribution in [1.29, 1.82) is 0 Å². The molecule has 0 aliphatic carbocycles. The zero-order valence-corrected chi connectivity index (χ0v) is 11.7. The predicted molar refractivity (Wildman–Crippen MR) is 79.3 cm³/mol. The van der Waals surface area contributed by atoms with E-state index >= 15 is 0 Å². The highest BCUT2D eigenvalue weighted by Crippen LogP contribution is 2.18. The standard InChI is InChI=1S/C14H17N5O/c1-9-8-16-14(18-13(9)19(2)3)17-11-6-4-10(5-7-11)12(15)20/h4-8H,1-3H3,(H2,15,20)(H,16,17,18). The summed E-state index contributed by atoms with van der Waals surface area (Å²) in [7, 11) is 3.86. The van der Waals surface area contributed by atoms with E-state index in [4.69, 9.17) is 5.73 Å². The van der Waals surface area contributed by atoms with Crippen LogP contribution in [0.5, 0.6) is 0 Å². The number of carbonyl (C=O) groups excluding carboxylic acids is 1. The topological polar surface area (TPSA) is 84.1 Å². The number of nitrogens with zero attached hydrogens (tertiary/aromatic N) is 3. The van der Waals surface area contributed by atoms with Gasteiger partial charge in [0.05, 0.1) is 0 Å². The molecule has 0 bridgehead atoms. The van der Waals surface area contributed by atoms with Gasteiger partial charge in [0, 0.05) is 37.1 Å². The number of nitrogens with one attached hydrogen (secondary N) is 1. The molecule has 1 heterocycles. The lowest BCUT2D eigenvalue weighted by Gasteiger charge is -2.15. The fourth-order valence-corrected chi connectivity index (χ4v) is 1.79. The van der Waals surface area contributed by atoms with Crippen LogP contribution < -0.4 is 16.0 Å². The molecular formula is C14H17N5O. The molecule has 0 saturated carbocycles. The first-order valence-electron chi connectivity index (χ1n) is 6.15. The summed E-state index contributed by atoms with van der Waals surface area (Å²) in [5.74, 6) is 0.917. The van der Waals surface area contributed by atoms with Crippen LogP contribution in [0, 0.1) is 6.92 Å². The first-order chi connectivity index (χ1) is 9.47. The summed E-state index contributed by atoms with van der Waals surface area (Å²) in [5, 5.41) is 3.09. The van der Waals surface area contributed by atoms with E-state index in [1.54, 1.807) is 30.5 Å². The molecule has 6 heteroatoms.